The van der Waals surface area contributed by atoms with Crippen LogP contribution in [0.4, 0.5) is 0 Å². The second kappa shape index (κ2) is 4.35. The van der Waals surface area contributed by atoms with Crippen LogP contribution < -0.4 is 5.32 Å². The summed E-state index contributed by atoms with van der Waals surface area (Å²) >= 11 is 0. The van der Waals surface area contributed by atoms with Gasteiger partial charge in [0, 0.05) is 12.7 Å². The molecule has 1 saturated heterocycles. The smallest absolute Gasteiger partial charge is 0.0603 e. The van der Waals surface area contributed by atoms with Crippen molar-refractivity contribution in [3.8, 4) is 0 Å². The van der Waals surface area contributed by atoms with Crippen LogP contribution in [0, 0.1) is 0 Å². The van der Waals surface area contributed by atoms with Gasteiger partial charge >= 0.3 is 0 Å². The van der Waals surface area contributed by atoms with Gasteiger partial charge < -0.3 is 5.32 Å². The van der Waals surface area contributed by atoms with Crippen LogP contribution in [0.25, 0.3) is 0 Å². The molecule has 1 aliphatic heterocycles. The molecule has 0 spiro atoms. The van der Waals surface area contributed by atoms with Crippen LogP contribution in [0.2, 0.25) is 0 Å². The highest BCUT2D eigenvalue weighted by Gasteiger charge is 2.35. The summed E-state index contributed by atoms with van der Waals surface area (Å²) in [7, 11) is 0. The van der Waals surface area contributed by atoms with Crippen LogP contribution >= 0.6 is 0 Å². The van der Waals surface area contributed by atoms with Crippen LogP contribution in [0.1, 0.15) is 45.2 Å². The highest BCUT2D eigenvalue weighted by atomic mass is 15.3. The van der Waals surface area contributed by atoms with E-state index in [0.29, 0.717) is 0 Å². The van der Waals surface area contributed by atoms with E-state index >= 15 is 0 Å². The maximum atomic E-state index is 4.42. The van der Waals surface area contributed by atoms with Crippen molar-refractivity contribution < 1.29 is 0 Å². The molecular formula is C12H21N3. The summed E-state index contributed by atoms with van der Waals surface area (Å²) in [5.41, 5.74) is 1.58. The fraction of sp³-hybridized carbons (Fsp3) is 0.750. The molecule has 1 aromatic rings. The van der Waals surface area contributed by atoms with Crippen LogP contribution in [-0.2, 0) is 12.1 Å². The molecule has 1 aliphatic rings. The van der Waals surface area contributed by atoms with E-state index in [9.17, 15) is 0 Å². The van der Waals surface area contributed by atoms with Gasteiger partial charge in [0.05, 0.1) is 11.2 Å². The predicted molar refractivity (Wildman–Crippen MR) is 61.7 cm³/mol. The first-order valence-electron chi connectivity index (χ1n) is 6.09. The Balaban J connectivity index is 2.29. The second-order valence-corrected chi connectivity index (χ2v) is 4.41. The lowest BCUT2D eigenvalue weighted by Gasteiger charge is -2.29. The summed E-state index contributed by atoms with van der Waals surface area (Å²) in [6.45, 7) is 6.64. The molecule has 0 saturated carbocycles. The van der Waals surface area contributed by atoms with E-state index in [4.69, 9.17) is 0 Å². The van der Waals surface area contributed by atoms with E-state index in [-0.39, 0.29) is 5.54 Å². The molecule has 0 aliphatic carbocycles. The van der Waals surface area contributed by atoms with Crippen molar-refractivity contribution in [1.29, 1.82) is 0 Å². The molecule has 1 unspecified atom stereocenters. The zero-order valence-electron chi connectivity index (χ0n) is 9.79. The van der Waals surface area contributed by atoms with Crippen molar-refractivity contribution in [2.45, 2.75) is 51.6 Å². The third kappa shape index (κ3) is 1.81. The Morgan fingerprint density at radius 2 is 2.40 bits per heavy atom. The first kappa shape index (κ1) is 10.7. The van der Waals surface area contributed by atoms with Crippen molar-refractivity contribution in [2.75, 3.05) is 6.54 Å². The Morgan fingerprint density at radius 3 is 3.00 bits per heavy atom. The molecule has 0 bridgehead atoms. The SMILES string of the molecule is CCCn1nccc1C1(CC)CCCN1. The first-order valence-corrected chi connectivity index (χ1v) is 6.09. The largest absolute Gasteiger partial charge is 0.306 e. The zero-order valence-corrected chi connectivity index (χ0v) is 9.79. The van der Waals surface area contributed by atoms with Gasteiger partial charge in [-0.2, -0.15) is 5.10 Å². The molecule has 0 amide bonds. The van der Waals surface area contributed by atoms with Gasteiger partial charge in [0.15, 0.2) is 0 Å². The van der Waals surface area contributed by atoms with Crippen molar-refractivity contribution in [2.24, 2.45) is 0 Å². The maximum absolute atomic E-state index is 4.42. The standard InChI is InChI=1S/C12H21N3/c1-3-10-15-11(6-9-14-15)12(4-2)7-5-8-13-12/h6,9,13H,3-5,7-8,10H2,1-2H3. The fourth-order valence-corrected chi connectivity index (χ4v) is 2.64. The lowest BCUT2D eigenvalue weighted by atomic mass is 9.90. The van der Waals surface area contributed by atoms with Gasteiger partial charge in [-0.3, -0.25) is 4.68 Å². The summed E-state index contributed by atoms with van der Waals surface area (Å²) < 4.78 is 2.17. The molecule has 15 heavy (non-hydrogen) atoms. The first-order chi connectivity index (χ1) is 7.32. The highest BCUT2D eigenvalue weighted by Crippen LogP contribution is 2.33. The Bertz CT molecular complexity index is 310. The minimum Gasteiger partial charge on any atom is -0.306 e. The third-order valence-corrected chi connectivity index (χ3v) is 3.49. The fourth-order valence-electron chi connectivity index (χ4n) is 2.64. The molecule has 1 atom stereocenters. The molecule has 1 aromatic heterocycles. The predicted octanol–water partition coefficient (Wildman–Crippen LogP) is 2.28. The zero-order chi connectivity index (χ0) is 10.7. The maximum Gasteiger partial charge on any atom is 0.0603 e. The Kier molecular flexibility index (Phi) is 3.10. The van der Waals surface area contributed by atoms with Gasteiger partial charge in [0.25, 0.3) is 0 Å². The van der Waals surface area contributed by atoms with Crippen LogP contribution in [0.3, 0.4) is 0 Å². The van der Waals surface area contributed by atoms with E-state index in [1.54, 1.807) is 0 Å². The van der Waals surface area contributed by atoms with Crippen molar-refractivity contribution in [3.63, 3.8) is 0 Å². The number of nitrogens with one attached hydrogen (secondary N) is 1. The van der Waals surface area contributed by atoms with Gasteiger partial charge in [-0.1, -0.05) is 13.8 Å². The van der Waals surface area contributed by atoms with E-state index in [0.717, 1.165) is 25.9 Å². The Morgan fingerprint density at radius 1 is 1.53 bits per heavy atom. The molecule has 84 valence electrons. The monoisotopic (exact) mass is 207 g/mol. The van der Waals surface area contributed by atoms with E-state index in [2.05, 4.69) is 35.0 Å². The third-order valence-electron chi connectivity index (χ3n) is 3.49. The normalized spacial score (nSPS) is 26.0. The van der Waals surface area contributed by atoms with Crippen LogP contribution in [0.5, 0.6) is 0 Å². The van der Waals surface area contributed by atoms with Crippen molar-refractivity contribution >= 4 is 0 Å². The number of rotatable bonds is 4. The van der Waals surface area contributed by atoms with Gasteiger partial charge in [-0.15, -0.1) is 0 Å². The summed E-state index contributed by atoms with van der Waals surface area (Å²) in [5, 5.41) is 8.08. The molecular weight excluding hydrogens is 186 g/mol. The Hall–Kier alpha value is -0.830. The Labute approximate surface area is 91.9 Å². The number of nitrogens with zero attached hydrogens (tertiary/aromatic N) is 2. The molecule has 2 rings (SSSR count). The van der Waals surface area contributed by atoms with E-state index in [1.165, 1.54) is 18.5 Å². The molecule has 3 nitrogen and oxygen atoms in total. The second-order valence-electron chi connectivity index (χ2n) is 4.41. The minimum atomic E-state index is 0.200. The van der Waals surface area contributed by atoms with Gasteiger partial charge in [0.2, 0.25) is 0 Å². The molecule has 0 aromatic carbocycles. The molecule has 2 heterocycles. The summed E-state index contributed by atoms with van der Waals surface area (Å²) in [4.78, 5) is 0. The topological polar surface area (TPSA) is 29.9 Å². The van der Waals surface area contributed by atoms with Gasteiger partial charge in [-0.05, 0) is 38.3 Å². The van der Waals surface area contributed by atoms with Gasteiger partial charge in [0.1, 0.15) is 0 Å². The highest BCUT2D eigenvalue weighted by molar-refractivity contribution is 5.17. The number of aromatic nitrogens is 2. The number of hydrogen-bond donors (Lipinski definition) is 1. The van der Waals surface area contributed by atoms with Crippen LogP contribution in [-0.4, -0.2) is 16.3 Å². The van der Waals surface area contributed by atoms with Crippen molar-refractivity contribution in [1.82, 2.24) is 15.1 Å². The summed E-state index contributed by atoms with van der Waals surface area (Å²) in [5.74, 6) is 0. The molecule has 0 radical (unpaired) electrons. The quantitative estimate of drug-likeness (QED) is 0.821. The van der Waals surface area contributed by atoms with Gasteiger partial charge in [-0.25, -0.2) is 0 Å². The van der Waals surface area contributed by atoms with Crippen molar-refractivity contribution in [3.05, 3.63) is 18.0 Å². The molecule has 1 fully saturated rings. The number of aryl methyl sites for hydroxylation is 1. The van der Waals surface area contributed by atoms with E-state index < -0.39 is 0 Å². The van der Waals surface area contributed by atoms with E-state index in [1.807, 2.05) is 6.20 Å². The molecule has 3 heteroatoms. The molecule has 1 N–H and O–H groups in total. The minimum absolute atomic E-state index is 0.200. The number of hydrogen-bond acceptors (Lipinski definition) is 2. The summed E-state index contributed by atoms with van der Waals surface area (Å²) in [6, 6.07) is 2.18. The summed E-state index contributed by atoms with van der Waals surface area (Å²) in [6.07, 6.45) is 6.77. The lowest BCUT2D eigenvalue weighted by Crippen LogP contribution is -2.38. The lowest BCUT2D eigenvalue weighted by molar-refractivity contribution is 0.339. The average Bonchev–Trinajstić information content (AvgIpc) is 2.86. The average molecular weight is 207 g/mol. The van der Waals surface area contributed by atoms with Crippen LogP contribution in [0.15, 0.2) is 12.3 Å².